The largest absolute Gasteiger partial charge is 0.464 e. The van der Waals surface area contributed by atoms with Gasteiger partial charge in [0, 0.05) is 35.5 Å². The lowest BCUT2D eigenvalue weighted by Gasteiger charge is -2.10. The molecule has 2 heterocycles. The maximum absolute atomic E-state index is 11.9. The van der Waals surface area contributed by atoms with Gasteiger partial charge in [-0.2, -0.15) is 0 Å². The second kappa shape index (κ2) is 9.76. The minimum absolute atomic E-state index is 0.339. The number of nitrogens with zero attached hydrogens (tertiary/aromatic N) is 2. The average molecular weight is 422 g/mol. The maximum atomic E-state index is 11.9. The van der Waals surface area contributed by atoms with Gasteiger partial charge in [-0.1, -0.05) is 55.2 Å². The van der Waals surface area contributed by atoms with E-state index >= 15 is 0 Å². The highest BCUT2D eigenvalue weighted by molar-refractivity contribution is 5.89. The number of rotatable bonds is 5. The molecule has 2 aromatic carbocycles. The minimum Gasteiger partial charge on any atom is -0.464 e. The standard InChI is InChI=1S/C27H23N3O2/c1-3-20-16-19(17-30-26(20)27(31)32-2)13-14-21-8-4-5-12-24(21)29-18-23-10-6-9-22-11-7-15-28-25(22)23/h4-12,15-17,29H,3,18H2,1-2H3. The Bertz CT molecular complexity index is 1330. The number of aromatic nitrogens is 2. The van der Waals surface area contributed by atoms with Crippen molar-refractivity contribution in [1.82, 2.24) is 9.97 Å². The Hall–Kier alpha value is -4.17. The smallest absolute Gasteiger partial charge is 0.356 e. The van der Waals surface area contributed by atoms with Crippen LogP contribution in [0.3, 0.4) is 0 Å². The summed E-state index contributed by atoms with van der Waals surface area (Å²) in [7, 11) is 1.36. The monoisotopic (exact) mass is 421 g/mol. The number of aryl methyl sites for hydroxylation is 1. The summed E-state index contributed by atoms with van der Waals surface area (Å²) >= 11 is 0. The zero-order valence-corrected chi connectivity index (χ0v) is 18.1. The van der Waals surface area contributed by atoms with Crippen LogP contribution in [0, 0.1) is 11.8 Å². The molecule has 158 valence electrons. The molecule has 0 aliphatic rings. The number of esters is 1. The van der Waals surface area contributed by atoms with Gasteiger partial charge in [-0.05, 0) is 41.8 Å². The Balaban J connectivity index is 1.57. The molecule has 4 rings (SSSR count). The molecular weight excluding hydrogens is 398 g/mol. The summed E-state index contributed by atoms with van der Waals surface area (Å²) in [6.45, 7) is 2.62. The Morgan fingerprint density at radius 3 is 2.69 bits per heavy atom. The Morgan fingerprint density at radius 2 is 1.84 bits per heavy atom. The van der Waals surface area contributed by atoms with Gasteiger partial charge in [0.1, 0.15) is 0 Å². The molecule has 1 N–H and O–H groups in total. The first-order valence-corrected chi connectivity index (χ1v) is 10.4. The molecule has 0 spiro atoms. The van der Waals surface area contributed by atoms with E-state index in [2.05, 4.69) is 45.3 Å². The fraction of sp³-hybridized carbons (Fsp3) is 0.148. The van der Waals surface area contributed by atoms with Gasteiger partial charge < -0.3 is 10.1 Å². The zero-order chi connectivity index (χ0) is 22.3. The predicted molar refractivity (Wildman–Crippen MR) is 126 cm³/mol. The van der Waals surface area contributed by atoms with Crippen molar-refractivity contribution in [2.75, 3.05) is 12.4 Å². The average Bonchev–Trinajstić information content (AvgIpc) is 2.86. The number of fused-ring (bicyclic) bond motifs is 1. The van der Waals surface area contributed by atoms with Gasteiger partial charge in [-0.25, -0.2) is 9.78 Å². The molecule has 0 saturated carbocycles. The molecule has 0 amide bonds. The molecule has 0 bridgehead atoms. The van der Waals surface area contributed by atoms with Gasteiger partial charge in [0.15, 0.2) is 5.69 Å². The Kier molecular flexibility index (Phi) is 6.43. The Labute approximate surface area is 187 Å². The maximum Gasteiger partial charge on any atom is 0.356 e. The summed E-state index contributed by atoms with van der Waals surface area (Å²) in [5.74, 6) is 5.97. The summed E-state index contributed by atoms with van der Waals surface area (Å²) in [5, 5.41) is 4.61. The van der Waals surface area contributed by atoms with Crippen molar-refractivity contribution in [3.8, 4) is 11.8 Å². The first kappa shape index (κ1) is 21.1. The molecule has 0 aliphatic heterocycles. The zero-order valence-electron chi connectivity index (χ0n) is 18.1. The van der Waals surface area contributed by atoms with Crippen LogP contribution in [0.4, 0.5) is 5.69 Å². The lowest BCUT2D eigenvalue weighted by Crippen LogP contribution is -2.08. The molecule has 0 radical (unpaired) electrons. The van der Waals surface area contributed by atoms with Gasteiger partial charge in [-0.15, -0.1) is 0 Å². The van der Waals surface area contributed by atoms with E-state index in [9.17, 15) is 4.79 Å². The van der Waals surface area contributed by atoms with E-state index in [4.69, 9.17) is 4.74 Å². The molecule has 5 nitrogen and oxygen atoms in total. The van der Waals surface area contributed by atoms with E-state index in [-0.39, 0.29) is 0 Å². The third-order valence-electron chi connectivity index (χ3n) is 5.18. The predicted octanol–water partition coefficient (Wildman–Crippen LogP) is 4.99. The second-order valence-corrected chi connectivity index (χ2v) is 7.22. The van der Waals surface area contributed by atoms with Crippen LogP contribution < -0.4 is 5.32 Å². The van der Waals surface area contributed by atoms with Crippen LogP contribution in [0.5, 0.6) is 0 Å². The van der Waals surface area contributed by atoms with Crippen molar-refractivity contribution in [2.24, 2.45) is 0 Å². The fourth-order valence-electron chi connectivity index (χ4n) is 3.51. The van der Waals surface area contributed by atoms with Crippen LogP contribution >= 0.6 is 0 Å². The molecular formula is C27H23N3O2. The van der Waals surface area contributed by atoms with E-state index in [0.717, 1.165) is 38.8 Å². The molecule has 4 aromatic rings. The number of benzene rings is 2. The highest BCUT2D eigenvalue weighted by Gasteiger charge is 2.12. The van der Waals surface area contributed by atoms with Crippen LogP contribution in [0.15, 0.2) is 73.1 Å². The third kappa shape index (κ3) is 4.60. The van der Waals surface area contributed by atoms with Crippen LogP contribution in [0.2, 0.25) is 0 Å². The molecule has 0 fully saturated rings. The number of methoxy groups -OCH3 is 1. The van der Waals surface area contributed by atoms with Gasteiger partial charge in [-0.3, -0.25) is 4.98 Å². The number of hydrogen-bond acceptors (Lipinski definition) is 5. The summed E-state index contributed by atoms with van der Waals surface area (Å²) < 4.78 is 4.80. The molecule has 0 aliphatic carbocycles. The van der Waals surface area contributed by atoms with E-state index in [1.54, 1.807) is 6.20 Å². The van der Waals surface area contributed by atoms with Crippen LogP contribution in [-0.4, -0.2) is 23.0 Å². The number of ether oxygens (including phenoxy) is 1. The van der Waals surface area contributed by atoms with Crippen molar-refractivity contribution in [3.05, 3.63) is 101 Å². The number of anilines is 1. The number of pyridine rings is 2. The summed E-state index contributed by atoms with van der Waals surface area (Å²) in [5.41, 5.74) is 5.86. The van der Waals surface area contributed by atoms with Gasteiger partial charge in [0.25, 0.3) is 0 Å². The highest BCUT2D eigenvalue weighted by Crippen LogP contribution is 2.20. The molecule has 5 heteroatoms. The van der Waals surface area contributed by atoms with E-state index < -0.39 is 5.97 Å². The first-order valence-electron chi connectivity index (χ1n) is 10.4. The molecule has 32 heavy (non-hydrogen) atoms. The molecule has 0 unspecified atom stereocenters. The van der Waals surface area contributed by atoms with Crippen LogP contribution in [0.25, 0.3) is 10.9 Å². The quantitative estimate of drug-likeness (QED) is 0.363. The number of para-hydroxylation sites is 2. The molecule has 0 saturated heterocycles. The minimum atomic E-state index is -0.432. The number of carbonyl (C=O) groups is 1. The molecule has 2 aromatic heterocycles. The third-order valence-corrected chi connectivity index (χ3v) is 5.18. The number of nitrogens with one attached hydrogen (secondary N) is 1. The fourth-order valence-corrected chi connectivity index (χ4v) is 3.51. The van der Waals surface area contributed by atoms with Crippen LogP contribution in [-0.2, 0) is 17.7 Å². The van der Waals surface area contributed by atoms with Gasteiger partial charge in [0.05, 0.1) is 18.3 Å². The molecule has 0 atom stereocenters. The van der Waals surface area contributed by atoms with E-state index in [0.29, 0.717) is 18.7 Å². The van der Waals surface area contributed by atoms with Crippen molar-refractivity contribution < 1.29 is 9.53 Å². The lowest BCUT2D eigenvalue weighted by atomic mass is 10.1. The normalized spacial score (nSPS) is 10.3. The topological polar surface area (TPSA) is 64.1 Å². The number of hydrogen-bond donors (Lipinski definition) is 1. The van der Waals surface area contributed by atoms with Crippen molar-refractivity contribution in [1.29, 1.82) is 0 Å². The van der Waals surface area contributed by atoms with E-state index in [1.165, 1.54) is 7.11 Å². The van der Waals surface area contributed by atoms with Crippen molar-refractivity contribution >= 4 is 22.6 Å². The van der Waals surface area contributed by atoms with Crippen molar-refractivity contribution in [2.45, 2.75) is 19.9 Å². The van der Waals surface area contributed by atoms with Gasteiger partial charge >= 0.3 is 5.97 Å². The van der Waals surface area contributed by atoms with Crippen molar-refractivity contribution in [3.63, 3.8) is 0 Å². The summed E-state index contributed by atoms with van der Waals surface area (Å²) in [6, 6.07) is 20.0. The summed E-state index contributed by atoms with van der Waals surface area (Å²) in [4.78, 5) is 20.7. The first-order chi connectivity index (χ1) is 15.7. The van der Waals surface area contributed by atoms with Crippen LogP contribution in [0.1, 0.15) is 39.7 Å². The second-order valence-electron chi connectivity index (χ2n) is 7.22. The Morgan fingerprint density at radius 1 is 1.00 bits per heavy atom. The lowest BCUT2D eigenvalue weighted by molar-refractivity contribution is 0.0592. The van der Waals surface area contributed by atoms with E-state index in [1.807, 2.05) is 55.6 Å². The highest BCUT2D eigenvalue weighted by atomic mass is 16.5. The SMILES string of the molecule is CCc1cc(C#Cc2ccccc2NCc2cccc3cccnc23)cnc1C(=O)OC. The van der Waals surface area contributed by atoms with Gasteiger partial charge in [0.2, 0.25) is 0 Å². The summed E-state index contributed by atoms with van der Waals surface area (Å²) in [6.07, 6.45) is 4.09. The number of carbonyl (C=O) groups excluding carboxylic acids is 1.